The van der Waals surface area contributed by atoms with E-state index in [-0.39, 0.29) is 18.2 Å². The average Bonchev–Trinajstić information content (AvgIpc) is 3.09. The number of halogens is 2. The summed E-state index contributed by atoms with van der Waals surface area (Å²) in [6, 6.07) is 11.3. The first kappa shape index (κ1) is 22.4. The third kappa shape index (κ3) is 4.83. The van der Waals surface area contributed by atoms with Crippen molar-refractivity contribution in [2.45, 2.75) is 44.6 Å². The van der Waals surface area contributed by atoms with Crippen molar-refractivity contribution >= 4 is 39.3 Å². The number of rotatable bonds is 6. The van der Waals surface area contributed by atoms with Crippen molar-refractivity contribution in [3.63, 3.8) is 0 Å². The number of imide groups is 1. The Morgan fingerprint density at radius 2 is 1.78 bits per heavy atom. The van der Waals surface area contributed by atoms with Gasteiger partial charge in [-0.1, -0.05) is 27.6 Å². The highest BCUT2D eigenvalue weighted by Gasteiger charge is 2.44. The predicted molar refractivity (Wildman–Crippen MR) is 124 cm³/mol. The number of amides is 3. The number of benzene rings is 2. The molecule has 2 aromatic rings. The van der Waals surface area contributed by atoms with Crippen LogP contribution in [-0.4, -0.2) is 35.2 Å². The maximum Gasteiger partial charge on any atom is 0.257 e. The number of nitrogens with zero attached hydrogens (tertiary/aromatic N) is 2. The highest BCUT2D eigenvalue weighted by atomic mass is 79.9. The number of hydrogen-bond donors (Lipinski definition) is 0. The normalized spacial score (nSPS) is 18.6. The molecule has 0 saturated carbocycles. The van der Waals surface area contributed by atoms with Gasteiger partial charge in [-0.2, -0.15) is 0 Å². The van der Waals surface area contributed by atoms with Gasteiger partial charge in [0.05, 0.1) is 12.1 Å². The second-order valence-electron chi connectivity index (χ2n) is 8.13. The molecule has 0 bridgehead atoms. The van der Waals surface area contributed by atoms with Gasteiger partial charge in [0.25, 0.3) is 11.8 Å². The van der Waals surface area contributed by atoms with Gasteiger partial charge >= 0.3 is 0 Å². The molecule has 4 rings (SSSR count). The number of carbonyl (C=O) groups excluding carboxylic acids is 3. The summed E-state index contributed by atoms with van der Waals surface area (Å²) in [6.45, 7) is 0.333. The summed E-state index contributed by atoms with van der Waals surface area (Å²) in [5, 5.41) is 0. The van der Waals surface area contributed by atoms with Crippen molar-refractivity contribution in [1.82, 2.24) is 4.90 Å². The fourth-order valence-corrected chi connectivity index (χ4v) is 4.54. The zero-order valence-corrected chi connectivity index (χ0v) is 19.2. The Balaban J connectivity index is 1.60. The third-order valence-corrected chi connectivity index (χ3v) is 6.52. The van der Waals surface area contributed by atoms with Crippen molar-refractivity contribution in [3.05, 3.63) is 76.0 Å². The van der Waals surface area contributed by atoms with Gasteiger partial charge in [0.2, 0.25) is 5.91 Å². The van der Waals surface area contributed by atoms with Gasteiger partial charge in [-0.05, 0) is 80.6 Å². The molecule has 1 aliphatic heterocycles. The van der Waals surface area contributed by atoms with Crippen LogP contribution in [0.25, 0.3) is 0 Å². The Hall–Kier alpha value is -2.80. The third-order valence-electron chi connectivity index (χ3n) is 5.99. The topological polar surface area (TPSA) is 57.7 Å². The maximum atomic E-state index is 13.4. The molecule has 32 heavy (non-hydrogen) atoms. The number of allylic oxidation sites excluding steroid dienone is 1. The minimum Gasteiger partial charge on any atom is -0.326 e. The zero-order chi connectivity index (χ0) is 22.7. The predicted octanol–water partition coefficient (Wildman–Crippen LogP) is 5.25. The van der Waals surface area contributed by atoms with Crippen molar-refractivity contribution in [3.8, 4) is 0 Å². The van der Waals surface area contributed by atoms with Crippen LogP contribution in [0.5, 0.6) is 0 Å². The number of hydrogen-bond acceptors (Lipinski definition) is 3. The molecule has 1 atom stereocenters. The minimum atomic E-state index is -0.882. The molecule has 1 saturated heterocycles. The molecule has 3 amide bonds. The summed E-state index contributed by atoms with van der Waals surface area (Å²) in [5.41, 5.74) is 2.05. The van der Waals surface area contributed by atoms with E-state index >= 15 is 0 Å². The molecular weight excluding hydrogens is 475 g/mol. The molecule has 166 valence electrons. The van der Waals surface area contributed by atoms with Crippen LogP contribution in [0.2, 0.25) is 0 Å². The van der Waals surface area contributed by atoms with Crippen molar-refractivity contribution in [2.75, 3.05) is 11.4 Å². The molecule has 1 fully saturated rings. The Morgan fingerprint density at radius 1 is 1.06 bits per heavy atom. The standard InChI is InChI=1S/C25H24BrFN2O3/c26-19-8-12-21(13-9-19)29-23(30)16-22(25(29)32)28(15-14-17-4-2-1-3-5-17)24(31)18-6-10-20(27)11-7-18/h4,6-13,22H,1-3,5,14-16H2. The molecule has 1 aliphatic carbocycles. The van der Waals surface area contributed by atoms with Crippen molar-refractivity contribution in [1.29, 1.82) is 0 Å². The van der Waals surface area contributed by atoms with E-state index in [0.29, 0.717) is 24.2 Å². The first-order valence-electron chi connectivity index (χ1n) is 10.8. The SMILES string of the molecule is O=C1CC(N(CCC2=CCCCC2)C(=O)c2ccc(F)cc2)C(=O)N1c1ccc(Br)cc1. The van der Waals surface area contributed by atoms with E-state index in [1.807, 2.05) is 0 Å². The summed E-state index contributed by atoms with van der Waals surface area (Å²) < 4.78 is 14.2. The second-order valence-corrected chi connectivity index (χ2v) is 9.04. The van der Waals surface area contributed by atoms with Crippen LogP contribution in [0.15, 0.2) is 64.7 Å². The molecule has 1 heterocycles. The van der Waals surface area contributed by atoms with Crippen molar-refractivity contribution < 1.29 is 18.8 Å². The fourth-order valence-electron chi connectivity index (χ4n) is 4.27. The van der Waals surface area contributed by atoms with Crippen molar-refractivity contribution in [2.24, 2.45) is 0 Å². The van der Waals surface area contributed by atoms with Crippen LogP contribution in [0, 0.1) is 5.82 Å². The van der Waals surface area contributed by atoms with E-state index in [1.54, 1.807) is 24.3 Å². The maximum absolute atomic E-state index is 13.4. The molecule has 7 heteroatoms. The fraction of sp³-hybridized carbons (Fsp3) is 0.320. The minimum absolute atomic E-state index is 0.0686. The lowest BCUT2D eigenvalue weighted by Gasteiger charge is -2.28. The molecular formula is C25H24BrFN2O3. The zero-order valence-electron chi connectivity index (χ0n) is 17.6. The molecule has 1 unspecified atom stereocenters. The Bertz CT molecular complexity index is 1050. The summed E-state index contributed by atoms with van der Waals surface area (Å²) in [6.07, 6.45) is 7.10. The van der Waals surface area contributed by atoms with Crippen LogP contribution >= 0.6 is 15.9 Å². The second kappa shape index (κ2) is 9.77. The highest BCUT2D eigenvalue weighted by molar-refractivity contribution is 9.10. The van der Waals surface area contributed by atoms with Gasteiger partial charge in [-0.25, -0.2) is 9.29 Å². The van der Waals surface area contributed by atoms with Gasteiger partial charge in [-0.15, -0.1) is 0 Å². The smallest absolute Gasteiger partial charge is 0.257 e. The molecule has 2 aliphatic rings. The first-order valence-corrected chi connectivity index (χ1v) is 11.6. The Labute approximate surface area is 195 Å². The summed E-state index contributed by atoms with van der Waals surface area (Å²) in [7, 11) is 0. The molecule has 0 spiro atoms. The van der Waals surface area contributed by atoms with Crippen LogP contribution in [-0.2, 0) is 9.59 Å². The molecule has 0 N–H and O–H groups in total. The quantitative estimate of drug-likeness (QED) is 0.403. The molecule has 5 nitrogen and oxygen atoms in total. The van der Waals surface area contributed by atoms with Gasteiger partial charge in [0.1, 0.15) is 11.9 Å². The molecule has 0 radical (unpaired) electrons. The van der Waals surface area contributed by atoms with Crippen LogP contribution < -0.4 is 4.90 Å². The largest absolute Gasteiger partial charge is 0.326 e. The number of carbonyl (C=O) groups is 3. The lowest BCUT2D eigenvalue weighted by molar-refractivity contribution is -0.122. The van der Waals surface area contributed by atoms with Crippen LogP contribution in [0.3, 0.4) is 0 Å². The van der Waals surface area contributed by atoms with Crippen LogP contribution in [0.4, 0.5) is 10.1 Å². The first-order chi connectivity index (χ1) is 15.4. The van der Waals surface area contributed by atoms with Gasteiger partial charge in [0.15, 0.2) is 0 Å². The molecule has 2 aromatic carbocycles. The number of anilines is 1. The Kier molecular flexibility index (Phi) is 6.84. The van der Waals surface area contributed by atoms with Crippen LogP contribution in [0.1, 0.15) is 48.9 Å². The van der Waals surface area contributed by atoms with E-state index in [0.717, 1.165) is 28.6 Å². The Morgan fingerprint density at radius 3 is 2.44 bits per heavy atom. The lowest BCUT2D eigenvalue weighted by Crippen LogP contribution is -2.46. The summed E-state index contributed by atoms with van der Waals surface area (Å²) >= 11 is 3.35. The highest BCUT2D eigenvalue weighted by Crippen LogP contribution is 2.29. The average molecular weight is 499 g/mol. The van der Waals surface area contributed by atoms with E-state index in [4.69, 9.17) is 0 Å². The van der Waals surface area contributed by atoms with Gasteiger partial charge in [-0.3, -0.25) is 14.4 Å². The van der Waals surface area contributed by atoms with Gasteiger partial charge in [0, 0.05) is 16.6 Å². The van der Waals surface area contributed by atoms with E-state index in [9.17, 15) is 18.8 Å². The van der Waals surface area contributed by atoms with E-state index in [2.05, 4.69) is 22.0 Å². The summed E-state index contributed by atoms with van der Waals surface area (Å²) in [5.74, 6) is -1.55. The monoisotopic (exact) mass is 498 g/mol. The van der Waals surface area contributed by atoms with E-state index < -0.39 is 17.8 Å². The van der Waals surface area contributed by atoms with E-state index in [1.165, 1.54) is 41.2 Å². The van der Waals surface area contributed by atoms with Gasteiger partial charge < -0.3 is 4.90 Å². The molecule has 0 aromatic heterocycles. The summed E-state index contributed by atoms with van der Waals surface area (Å²) in [4.78, 5) is 42.1. The lowest BCUT2D eigenvalue weighted by atomic mass is 9.96.